The van der Waals surface area contributed by atoms with Crippen LogP contribution in [0, 0.1) is 0 Å². The van der Waals surface area contributed by atoms with Crippen LogP contribution in [0.25, 0.3) is 0 Å². The SMILES string of the molecule is CCCS(=O)(=O)N1CCCCC1C(=O)NCc1ccccc1OC. The lowest BCUT2D eigenvalue weighted by Gasteiger charge is -2.33. The van der Waals surface area contributed by atoms with Crippen molar-refractivity contribution in [3.63, 3.8) is 0 Å². The van der Waals surface area contributed by atoms with Gasteiger partial charge in [-0.2, -0.15) is 4.31 Å². The number of carbonyl (C=O) groups is 1. The van der Waals surface area contributed by atoms with E-state index in [1.54, 1.807) is 7.11 Å². The number of hydrogen-bond acceptors (Lipinski definition) is 4. The molecule has 1 aliphatic rings. The highest BCUT2D eigenvalue weighted by Crippen LogP contribution is 2.22. The maximum Gasteiger partial charge on any atom is 0.238 e. The summed E-state index contributed by atoms with van der Waals surface area (Å²) < 4.78 is 31.5. The number of ether oxygens (including phenoxy) is 1. The van der Waals surface area contributed by atoms with Crippen LogP contribution in [0.3, 0.4) is 0 Å². The Bertz CT molecular complexity index is 660. The second kappa shape index (κ2) is 8.48. The molecule has 6 nitrogen and oxygen atoms in total. The van der Waals surface area contributed by atoms with Gasteiger partial charge in [-0.15, -0.1) is 0 Å². The Balaban J connectivity index is 2.06. The first-order valence-electron chi connectivity index (χ1n) is 8.38. The summed E-state index contributed by atoms with van der Waals surface area (Å²) in [4.78, 5) is 12.6. The summed E-state index contributed by atoms with van der Waals surface area (Å²) in [5.74, 6) is 0.556. The molecule has 1 aliphatic heterocycles. The van der Waals surface area contributed by atoms with Gasteiger partial charge in [0.05, 0.1) is 12.9 Å². The number of sulfonamides is 1. The van der Waals surface area contributed by atoms with Gasteiger partial charge in [0.1, 0.15) is 11.8 Å². The molecule has 0 aliphatic carbocycles. The fourth-order valence-electron chi connectivity index (χ4n) is 3.02. The first kappa shape index (κ1) is 18.7. The molecule has 24 heavy (non-hydrogen) atoms. The maximum atomic E-state index is 12.6. The highest BCUT2D eigenvalue weighted by molar-refractivity contribution is 7.89. The van der Waals surface area contributed by atoms with Crippen LogP contribution in [-0.4, -0.2) is 44.1 Å². The van der Waals surface area contributed by atoms with E-state index >= 15 is 0 Å². The molecule has 2 rings (SSSR count). The van der Waals surface area contributed by atoms with Crippen LogP contribution in [-0.2, 0) is 21.4 Å². The summed E-state index contributed by atoms with van der Waals surface area (Å²) in [5, 5.41) is 2.86. The number of carbonyl (C=O) groups excluding carboxylic acids is 1. The Hall–Kier alpha value is -1.60. The van der Waals surface area contributed by atoms with E-state index < -0.39 is 16.1 Å². The molecule has 1 saturated heterocycles. The summed E-state index contributed by atoms with van der Waals surface area (Å²) in [6.07, 6.45) is 2.79. The predicted octanol–water partition coefficient (Wildman–Crippen LogP) is 1.91. The smallest absolute Gasteiger partial charge is 0.238 e. The molecule has 1 aromatic rings. The van der Waals surface area contributed by atoms with Gasteiger partial charge in [0.15, 0.2) is 0 Å². The minimum atomic E-state index is -3.38. The van der Waals surface area contributed by atoms with Crippen molar-refractivity contribution in [1.29, 1.82) is 0 Å². The molecule has 0 saturated carbocycles. The number of nitrogens with zero attached hydrogens (tertiary/aromatic N) is 1. The van der Waals surface area contributed by atoms with Gasteiger partial charge in [-0.25, -0.2) is 8.42 Å². The van der Waals surface area contributed by atoms with E-state index in [2.05, 4.69) is 5.32 Å². The first-order chi connectivity index (χ1) is 11.5. The van der Waals surface area contributed by atoms with Gasteiger partial charge in [-0.1, -0.05) is 31.5 Å². The van der Waals surface area contributed by atoms with E-state index in [9.17, 15) is 13.2 Å². The van der Waals surface area contributed by atoms with Crippen molar-refractivity contribution in [2.75, 3.05) is 19.4 Å². The fourth-order valence-corrected chi connectivity index (χ4v) is 4.77. The van der Waals surface area contributed by atoms with Gasteiger partial charge in [0, 0.05) is 18.7 Å². The van der Waals surface area contributed by atoms with Crippen molar-refractivity contribution in [1.82, 2.24) is 9.62 Å². The average molecular weight is 354 g/mol. The monoisotopic (exact) mass is 354 g/mol. The molecule has 0 bridgehead atoms. The Morgan fingerprint density at radius 1 is 1.33 bits per heavy atom. The van der Waals surface area contributed by atoms with Gasteiger partial charge in [0.2, 0.25) is 15.9 Å². The molecular formula is C17H26N2O4S. The summed E-state index contributed by atoms with van der Waals surface area (Å²) in [6, 6.07) is 6.85. The van der Waals surface area contributed by atoms with E-state index in [1.807, 2.05) is 31.2 Å². The Morgan fingerprint density at radius 2 is 2.08 bits per heavy atom. The standard InChI is InChI=1S/C17H26N2O4S/c1-3-12-24(21,22)19-11-7-6-9-15(19)17(20)18-13-14-8-4-5-10-16(14)23-2/h4-5,8,10,15H,3,6-7,9,11-13H2,1-2H3,(H,18,20). The summed E-state index contributed by atoms with van der Waals surface area (Å²) >= 11 is 0. The third-order valence-electron chi connectivity index (χ3n) is 4.22. The fraction of sp³-hybridized carbons (Fsp3) is 0.588. The largest absolute Gasteiger partial charge is 0.496 e. The molecule has 1 atom stereocenters. The van der Waals surface area contributed by atoms with Crippen molar-refractivity contribution in [2.24, 2.45) is 0 Å². The normalized spacial score (nSPS) is 19.0. The van der Waals surface area contributed by atoms with Gasteiger partial charge in [0.25, 0.3) is 0 Å². The minimum absolute atomic E-state index is 0.0866. The highest BCUT2D eigenvalue weighted by Gasteiger charge is 2.35. The van der Waals surface area contributed by atoms with Crippen molar-refractivity contribution in [3.05, 3.63) is 29.8 Å². The number of nitrogens with one attached hydrogen (secondary N) is 1. The van der Waals surface area contributed by atoms with Crippen molar-refractivity contribution < 1.29 is 17.9 Å². The molecule has 7 heteroatoms. The Labute approximate surface area is 144 Å². The third kappa shape index (κ3) is 4.48. The predicted molar refractivity (Wildman–Crippen MR) is 93.3 cm³/mol. The number of rotatable bonds is 7. The first-order valence-corrected chi connectivity index (χ1v) is 9.99. The molecule has 1 amide bonds. The number of amides is 1. The van der Waals surface area contributed by atoms with Crippen LogP contribution in [0.15, 0.2) is 24.3 Å². The van der Waals surface area contributed by atoms with Crippen LogP contribution in [0.4, 0.5) is 0 Å². The van der Waals surface area contributed by atoms with Crippen LogP contribution < -0.4 is 10.1 Å². The molecule has 0 spiro atoms. The van der Waals surface area contributed by atoms with E-state index in [-0.39, 0.29) is 11.7 Å². The van der Waals surface area contributed by atoms with Gasteiger partial charge >= 0.3 is 0 Å². The highest BCUT2D eigenvalue weighted by atomic mass is 32.2. The van der Waals surface area contributed by atoms with Gasteiger partial charge < -0.3 is 10.1 Å². The molecule has 1 heterocycles. The Kier molecular flexibility index (Phi) is 6.62. The van der Waals surface area contributed by atoms with Crippen LogP contribution in [0.5, 0.6) is 5.75 Å². The lowest BCUT2D eigenvalue weighted by atomic mass is 10.0. The zero-order valence-electron chi connectivity index (χ0n) is 14.3. The topological polar surface area (TPSA) is 75.7 Å². The summed E-state index contributed by atoms with van der Waals surface area (Å²) in [5.41, 5.74) is 0.868. The second-order valence-corrected chi connectivity index (χ2v) is 8.01. The molecule has 1 aromatic carbocycles. The van der Waals surface area contributed by atoms with E-state index in [4.69, 9.17) is 4.74 Å². The number of para-hydroxylation sites is 1. The van der Waals surface area contributed by atoms with Crippen molar-refractivity contribution in [3.8, 4) is 5.75 Å². The molecule has 1 N–H and O–H groups in total. The molecular weight excluding hydrogens is 328 g/mol. The summed E-state index contributed by atoms with van der Waals surface area (Å²) in [7, 11) is -1.79. The zero-order chi connectivity index (χ0) is 17.6. The van der Waals surface area contributed by atoms with Gasteiger partial charge in [-0.3, -0.25) is 4.79 Å². The molecule has 1 fully saturated rings. The minimum Gasteiger partial charge on any atom is -0.496 e. The summed E-state index contributed by atoms with van der Waals surface area (Å²) in [6.45, 7) is 2.58. The molecule has 1 unspecified atom stereocenters. The molecule has 134 valence electrons. The number of benzene rings is 1. The zero-order valence-corrected chi connectivity index (χ0v) is 15.1. The number of hydrogen-bond donors (Lipinski definition) is 1. The van der Waals surface area contributed by atoms with E-state index in [1.165, 1.54) is 4.31 Å². The lowest BCUT2D eigenvalue weighted by molar-refractivity contribution is -0.125. The lowest BCUT2D eigenvalue weighted by Crippen LogP contribution is -2.52. The van der Waals surface area contributed by atoms with E-state index in [0.29, 0.717) is 31.7 Å². The second-order valence-electron chi connectivity index (χ2n) is 5.97. The van der Waals surface area contributed by atoms with E-state index in [0.717, 1.165) is 18.4 Å². The van der Waals surface area contributed by atoms with Crippen molar-refractivity contribution >= 4 is 15.9 Å². The third-order valence-corrected chi connectivity index (χ3v) is 6.30. The molecule has 0 radical (unpaired) electrons. The van der Waals surface area contributed by atoms with Crippen LogP contribution >= 0.6 is 0 Å². The number of methoxy groups -OCH3 is 1. The Morgan fingerprint density at radius 3 is 2.79 bits per heavy atom. The number of piperidine rings is 1. The quantitative estimate of drug-likeness (QED) is 0.811. The average Bonchev–Trinajstić information content (AvgIpc) is 2.60. The van der Waals surface area contributed by atoms with Crippen LogP contribution in [0.2, 0.25) is 0 Å². The van der Waals surface area contributed by atoms with Gasteiger partial charge in [-0.05, 0) is 25.3 Å². The van der Waals surface area contributed by atoms with Crippen LogP contribution in [0.1, 0.15) is 38.2 Å². The molecule has 0 aromatic heterocycles. The van der Waals surface area contributed by atoms with Crippen molar-refractivity contribution in [2.45, 2.75) is 45.2 Å². The maximum absolute atomic E-state index is 12.6.